The predicted octanol–water partition coefficient (Wildman–Crippen LogP) is 1.18. The van der Waals surface area contributed by atoms with Gasteiger partial charge < -0.3 is 10.3 Å². The highest BCUT2D eigenvalue weighted by atomic mass is 16.1. The van der Waals surface area contributed by atoms with E-state index < -0.39 is 0 Å². The lowest BCUT2D eigenvalue weighted by atomic mass is 10.2. The van der Waals surface area contributed by atoms with Crippen LogP contribution in [-0.4, -0.2) is 32.6 Å². The monoisotopic (exact) mass is 259 g/mol. The summed E-state index contributed by atoms with van der Waals surface area (Å²) in [5.74, 6) is 0.835. The lowest BCUT2D eigenvalue weighted by Crippen LogP contribution is -2.26. The molecule has 0 saturated heterocycles. The van der Waals surface area contributed by atoms with Crippen molar-refractivity contribution in [3.8, 4) is 0 Å². The van der Waals surface area contributed by atoms with Crippen LogP contribution in [0.3, 0.4) is 0 Å². The molecule has 0 fully saturated rings. The first kappa shape index (κ1) is 13.2. The van der Waals surface area contributed by atoms with Gasteiger partial charge in [0.1, 0.15) is 5.82 Å². The summed E-state index contributed by atoms with van der Waals surface area (Å²) in [6, 6.07) is 1.75. The minimum absolute atomic E-state index is 0.102. The molecule has 19 heavy (non-hydrogen) atoms. The summed E-state index contributed by atoms with van der Waals surface area (Å²) in [6.07, 6.45) is 5.18. The van der Waals surface area contributed by atoms with E-state index in [4.69, 9.17) is 0 Å². The van der Waals surface area contributed by atoms with Crippen molar-refractivity contribution >= 4 is 5.91 Å². The molecule has 0 aliphatic rings. The van der Waals surface area contributed by atoms with Crippen LogP contribution in [0.15, 0.2) is 18.5 Å². The molecule has 0 saturated carbocycles. The Morgan fingerprint density at radius 2 is 2.21 bits per heavy atom. The fourth-order valence-corrected chi connectivity index (χ4v) is 1.77. The van der Waals surface area contributed by atoms with Gasteiger partial charge >= 0.3 is 0 Å². The summed E-state index contributed by atoms with van der Waals surface area (Å²) < 4.78 is 0. The number of rotatable bonds is 5. The van der Waals surface area contributed by atoms with Crippen LogP contribution < -0.4 is 5.32 Å². The Kier molecular flexibility index (Phi) is 4.22. The van der Waals surface area contributed by atoms with Gasteiger partial charge in [0.25, 0.3) is 5.91 Å². The van der Waals surface area contributed by atoms with E-state index in [1.54, 1.807) is 25.4 Å². The van der Waals surface area contributed by atoms with Gasteiger partial charge in [-0.3, -0.25) is 4.79 Å². The zero-order valence-corrected chi connectivity index (χ0v) is 11.1. The quantitative estimate of drug-likeness (QED) is 0.790. The van der Waals surface area contributed by atoms with Crippen molar-refractivity contribution in [2.24, 2.45) is 0 Å². The average molecular weight is 259 g/mol. The van der Waals surface area contributed by atoms with Crippen LogP contribution >= 0.6 is 0 Å². The van der Waals surface area contributed by atoms with Gasteiger partial charge in [0, 0.05) is 25.4 Å². The third kappa shape index (κ3) is 3.61. The number of nitrogens with one attached hydrogen (secondary N) is 2. The molecule has 2 rings (SSSR count). The van der Waals surface area contributed by atoms with Crippen molar-refractivity contribution in [1.82, 2.24) is 25.5 Å². The molecule has 2 aromatic rings. The molecule has 6 nitrogen and oxygen atoms in total. The Hall–Kier alpha value is -2.24. The molecular weight excluding hydrogens is 242 g/mol. The molecule has 0 bridgehead atoms. The number of hydrogen-bond acceptors (Lipinski definition) is 4. The standard InChI is InChI=1S/C13H17N5O/c1-9-8-11(10(2)18-17-9)13(19)16-5-3-4-12-14-6-7-15-12/h6-8H,3-5H2,1-2H3,(H,14,15)(H,16,19). The van der Waals surface area contributed by atoms with E-state index in [9.17, 15) is 4.79 Å². The number of aryl methyl sites for hydroxylation is 3. The number of amides is 1. The molecule has 6 heteroatoms. The minimum atomic E-state index is -0.102. The Morgan fingerprint density at radius 1 is 1.37 bits per heavy atom. The van der Waals surface area contributed by atoms with Crippen LogP contribution in [0.4, 0.5) is 0 Å². The van der Waals surface area contributed by atoms with Crippen LogP contribution in [-0.2, 0) is 6.42 Å². The van der Waals surface area contributed by atoms with Crippen molar-refractivity contribution in [2.45, 2.75) is 26.7 Å². The molecule has 0 radical (unpaired) electrons. The summed E-state index contributed by atoms with van der Waals surface area (Å²) in [7, 11) is 0. The number of imidazole rings is 1. The van der Waals surface area contributed by atoms with Gasteiger partial charge in [-0.15, -0.1) is 0 Å². The Morgan fingerprint density at radius 3 is 2.95 bits per heavy atom. The predicted molar refractivity (Wildman–Crippen MR) is 70.7 cm³/mol. The second-order valence-corrected chi connectivity index (χ2v) is 4.38. The molecule has 2 heterocycles. The first-order valence-corrected chi connectivity index (χ1v) is 6.24. The van der Waals surface area contributed by atoms with Crippen LogP contribution in [0.25, 0.3) is 0 Å². The number of aromatic nitrogens is 4. The Balaban J connectivity index is 1.82. The van der Waals surface area contributed by atoms with Gasteiger partial charge in [0.05, 0.1) is 17.0 Å². The van der Waals surface area contributed by atoms with E-state index in [2.05, 4.69) is 25.5 Å². The third-order valence-corrected chi connectivity index (χ3v) is 2.78. The lowest BCUT2D eigenvalue weighted by Gasteiger charge is -2.06. The SMILES string of the molecule is Cc1cc(C(=O)NCCCc2ncc[nH]2)c(C)nn1. The minimum Gasteiger partial charge on any atom is -0.352 e. The molecule has 1 amide bonds. The van der Waals surface area contributed by atoms with Crippen molar-refractivity contribution in [2.75, 3.05) is 6.54 Å². The maximum atomic E-state index is 12.0. The second kappa shape index (κ2) is 6.08. The summed E-state index contributed by atoms with van der Waals surface area (Å²) in [5.41, 5.74) is 1.98. The average Bonchev–Trinajstić information content (AvgIpc) is 2.90. The van der Waals surface area contributed by atoms with E-state index in [1.165, 1.54) is 0 Å². The second-order valence-electron chi connectivity index (χ2n) is 4.38. The molecule has 0 aliphatic heterocycles. The molecule has 0 spiro atoms. The molecule has 2 aromatic heterocycles. The summed E-state index contributed by atoms with van der Waals surface area (Å²) in [4.78, 5) is 19.1. The topological polar surface area (TPSA) is 83.6 Å². The van der Waals surface area contributed by atoms with Crippen LogP contribution in [0.1, 0.15) is 34.0 Å². The van der Waals surface area contributed by atoms with Gasteiger partial charge in [0.15, 0.2) is 0 Å². The summed E-state index contributed by atoms with van der Waals surface area (Å²) in [5, 5.41) is 10.7. The number of aromatic amines is 1. The van der Waals surface area contributed by atoms with Gasteiger partial charge in [0.2, 0.25) is 0 Å². The van der Waals surface area contributed by atoms with Crippen LogP contribution in [0, 0.1) is 13.8 Å². The highest BCUT2D eigenvalue weighted by molar-refractivity contribution is 5.95. The number of nitrogens with zero attached hydrogens (tertiary/aromatic N) is 3. The highest BCUT2D eigenvalue weighted by Gasteiger charge is 2.10. The molecule has 2 N–H and O–H groups in total. The summed E-state index contributed by atoms with van der Waals surface area (Å²) >= 11 is 0. The number of H-pyrrole nitrogens is 1. The van der Waals surface area contributed by atoms with E-state index in [0.717, 1.165) is 24.4 Å². The van der Waals surface area contributed by atoms with Crippen molar-refractivity contribution in [3.05, 3.63) is 41.2 Å². The van der Waals surface area contributed by atoms with Crippen molar-refractivity contribution in [1.29, 1.82) is 0 Å². The molecule has 100 valence electrons. The Labute approximate surface area is 111 Å². The maximum absolute atomic E-state index is 12.0. The van der Waals surface area contributed by atoms with Gasteiger partial charge in [-0.2, -0.15) is 10.2 Å². The third-order valence-electron chi connectivity index (χ3n) is 2.78. The highest BCUT2D eigenvalue weighted by Crippen LogP contribution is 2.05. The van der Waals surface area contributed by atoms with E-state index in [-0.39, 0.29) is 5.91 Å². The summed E-state index contributed by atoms with van der Waals surface area (Å²) in [6.45, 7) is 4.21. The smallest absolute Gasteiger partial charge is 0.253 e. The number of hydrogen-bond donors (Lipinski definition) is 2. The Bertz CT molecular complexity index is 550. The molecule has 0 aromatic carbocycles. The normalized spacial score (nSPS) is 10.4. The van der Waals surface area contributed by atoms with Crippen LogP contribution in [0.5, 0.6) is 0 Å². The molecule has 0 atom stereocenters. The zero-order valence-electron chi connectivity index (χ0n) is 11.1. The fourth-order valence-electron chi connectivity index (χ4n) is 1.77. The van der Waals surface area contributed by atoms with Crippen molar-refractivity contribution < 1.29 is 4.79 Å². The van der Waals surface area contributed by atoms with E-state index in [1.807, 2.05) is 6.92 Å². The molecular formula is C13H17N5O. The largest absolute Gasteiger partial charge is 0.352 e. The first-order chi connectivity index (χ1) is 9.16. The molecule has 0 aliphatic carbocycles. The fraction of sp³-hybridized carbons (Fsp3) is 0.385. The zero-order chi connectivity index (χ0) is 13.7. The van der Waals surface area contributed by atoms with Gasteiger partial charge in [-0.05, 0) is 26.3 Å². The van der Waals surface area contributed by atoms with Gasteiger partial charge in [-0.25, -0.2) is 4.98 Å². The van der Waals surface area contributed by atoms with Crippen molar-refractivity contribution in [3.63, 3.8) is 0 Å². The molecule has 0 unspecified atom stereocenters. The van der Waals surface area contributed by atoms with Crippen LogP contribution in [0.2, 0.25) is 0 Å². The van der Waals surface area contributed by atoms with E-state index >= 15 is 0 Å². The van der Waals surface area contributed by atoms with E-state index in [0.29, 0.717) is 17.8 Å². The number of carbonyl (C=O) groups excluding carboxylic acids is 1. The lowest BCUT2D eigenvalue weighted by molar-refractivity contribution is 0.0951. The number of carbonyl (C=O) groups is 1. The maximum Gasteiger partial charge on any atom is 0.253 e. The van der Waals surface area contributed by atoms with Gasteiger partial charge in [-0.1, -0.05) is 0 Å². The first-order valence-electron chi connectivity index (χ1n) is 6.24.